The third-order valence-corrected chi connectivity index (χ3v) is 5.92. The smallest absolute Gasteiger partial charge is 0.253 e. The third kappa shape index (κ3) is 3.29. The number of amides is 1. The Morgan fingerprint density at radius 2 is 1.76 bits per heavy atom. The van der Waals surface area contributed by atoms with E-state index in [2.05, 4.69) is 10.3 Å². The van der Waals surface area contributed by atoms with Crippen LogP contribution in [-0.2, 0) is 16.6 Å². The highest BCUT2D eigenvalue weighted by molar-refractivity contribution is 7.89. The van der Waals surface area contributed by atoms with Gasteiger partial charge in [0, 0.05) is 37.7 Å². The molecule has 0 saturated heterocycles. The van der Waals surface area contributed by atoms with Gasteiger partial charge < -0.3 is 10.3 Å². The molecule has 0 bridgehead atoms. The van der Waals surface area contributed by atoms with Crippen LogP contribution in [-0.4, -0.2) is 37.7 Å². The fourth-order valence-corrected chi connectivity index (χ4v) is 3.74. The van der Waals surface area contributed by atoms with Crippen molar-refractivity contribution < 1.29 is 13.2 Å². The largest absolute Gasteiger partial charge is 0.360 e. The van der Waals surface area contributed by atoms with Crippen molar-refractivity contribution >= 4 is 26.8 Å². The van der Waals surface area contributed by atoms with Crippen molar-refractivity contribution in [2.75, 3.05) is 14.1 Å². The SMILES string of the molecule is CN(C)S(=O)(=O)c1ccccc1CNC(=O)c1c[nH]c2ccccc12. The van der Waals surface area contributed by atoms with E-state index in [1.807, 2.05) is 24.3 Å². The molecule has 130 valence electrons. The number of para-hydroxylation sites is 1. The molecule has 0 fully saturated rings. The van der Waals surface area contributed by atoms with E-state index in [0.717, 1.165) is 15.2 Å². The van der Waals surface area contributed by atoms with Crippen molar-refractivity contribution in [3.63, 3.8) is 0 Å². The average molecular weight is 357 g/mol. The van der Waals surface area contributed by atoms with Crippen LogP contribution in [0, 0.1) is 0 Å². The molecule has 0 aliphatic carbocycles. The number of carbonyl (C=O) groups is 1. The number of fused-ring (bicyclic) bond motifs is 1. The predicted molar refractivity (Wildman–Crippen MR) is 96.8 cm³/mol. The number of nitrogens with zero attached hydrogens (tertiary/aromatic N) is 1. The van der Waals surface area contributed by atoms with Crippen LogP contribution in [0.5, 0.6) is 0 Å². The predicted octanol–water partition coefficient (Wildman–Crippen LogP) is 2.35. The zero-order valence-corrected chi connectivity index (χ0v) is 14.8. The fourth-order valence-electron chi connectivity index (χ4n) is 2.63. The zero-order chi connectivity index (χ0) is 18.0. The molecule has 2 N–H and O–H groups in total. The Morgan fingerprint density at radius 1 is 1.08 bits per heavy atom. The molecule has 0 unspecified atom stereocenters. The fraction of sp³-hybridized carbons (Fsp3) is 0.167. The second kappa shape index (κ2) is 6.70. The standard InChI is InChI=1S/C18H19N3O3S/c1-21(2)25(23,24)17-10-6-3-7-13(17)11-20-18(22)15-12-19-16-9-5-4-8-14(15)16/h3-10,12,19H,11H2,1-2H3,(H,20,22). The maximum absolute atomic E-state index is 12.5. The minimum atomic E-state index is -3.57. The van der Waals surface area contributed by atoms with Gasteiger partial charge in [0.1, 0.15) is 0 Å². The molecule has 3 aromatic rings. The summed E-state index contributed by atoms with van der Waals surface area (Å²) < 4.78 is 26.0. The summed E-state index contributed by atoms with van der Waals surface area (Å²) in [6.45, 7) is 0.127. The van der Waals surface area contributed by atoms with Crippen LogP contribution in [0.2, 0.25) is 0 Å². The van der Waals surface area contributed by atoms with Crippen molar-refractivity contribution in [2.45, 2.75) is 11.4 Å². The number of aromatic nitrogens is 1. The molecule has 3 rings (SSSR count). The van der Waals surface area contributed by atoms with Crippen molar-refractivity contribution in [3.05, 3.63) is 65.9 Å². The Bertz CT molecular complexity index is 1020. The number of nitrogens with one attached hydrogen (secondary N) is 2. The monoisotopic (exact) mass is 357 g/mol. The topological polar surface area (TPSA) is 82.3 Å². The van der Waals surface area contributed by atoms with E-state index in [1.165, 1.54) is 14.1 Å². The summed E-state index contributed by atoms with van der Waals surface area (Å²) in [5.74, 6) is -0.255. The lowest BCUT2D eigenvalue weighted by Crippen LogP contribution is -2.27. The summed E-state index contributed by atoms with van der Waals surface area (Å²) in [5.41, 5.74) is 1.95. The Kier molecular flexibility index (Phi) is 4.61. The first kappa shape index (κ1) is 17.2. The van der Waals surface area contributed by atoms with E-state index < -0.39 is 10.0 Å². The van der Waals surface area contributed by atoms with Crippen molar-refractivity contribution in [1.29, 1.82) is 0 Å². The van der Waals surface area contributed by atoms with Gasteiger partial charge in [0.2, 0.25) is 10.0 Å². The Balaban J connectivity index is 1.84. The molecule has 0 aliphatic heterocycles. The molecule has 0 atom stereocenters. The number of rotatable bonds is 5. The number of benzene rings is 2. The van der Waals surface area contributed by atoms with Gasteiger partial charge in [-0.2, -0.15) is 0 Å². The van der Waals surface area contributed by atoms with E-state index in [9.17, 15) is 13.2 Å². The van der Waals surface area contributed by atoms with Crippen molar-refractivity contribution in [3.8, 4) is 0 Å². The van der Waals surface area contributed by atoms with Gasteiger partial charge in [-0.05, 0) is 17.7 Å². The van der Waals surface area contributed by atoms with Crippen LogP contribution in [0.4, 0.5) is 0 Å². The van der Waals surface area contributed by atoms with E-state index in [4.69, 9.17) is 0 Å². The van der Waals surface area contributed by atoms with Gasteiger partial charge in [0.25, 0.3) is 5.91 Å². The lowest BCUT2D eigenvalue weighted by atomic mass is 10.1. The number of aromatic amines is 1. The minimum Gasteiger partial charge on any atom is -0.360 e. The molecule has 7 heteroatoms. The maximum atomic E-state index is 12.5. The summed E-state index contributed by atoms with van der Waals surface area (Å²) in [7, 11) is -0.603. The summed E-state index contributed by atoms with van der Waals surface area (Å²) >= 11 is 0. The van der Waals surface area contributed by atoms with Gasteiger partial charge in [-0.1, -0.05) is 36.4 Å². The molecule has 1 aromatic heterocycles. The van der Waals surface area contributed by atoms with Gasteiger partial charge in [-0.15, -0.1) is 0 Å². The maximum Gasteiger partial charge on any atom is 0.253 e. The van der Waals surface area contributed by atoms with Crippen molar-refractivity contribution in [1.82, 2.24) is 14.6 Å². The first-order valence-corrected chi connectivity index (χ1v) is 9.20. The van der Waals surface area contributed by atoms with Crippen LogP contribution < -0.4 is 5.32 Å². The van der Waals surface area contributed by atoms with Gasteiger partial charge in [0.15, 0.2) is 0 Å². The lowest BCUT2D eigenvalue weighted by molar-refractivity contribution is 0.0952. The average Bonchev–Trinajstić information content (AvgIpc) is 3.04. The highest BCUT2D eigenvalue weighted by atomic mass is 32.2. The molecule has 0 radical (unpaired) electrons. The Morgan fingerprint density at radius 3 is 2.52 bits per heavy atom. The van der Waals surface area contributed by atoms with Crippen LogP contribution in [0.1, 0.15) is 15.9 Å². The summed E-state index contributed by atoms with van der Waals surface area (Å²) in [5, 5.41) is 3.63. The number of sulfonamides is 1. The summed E-state index contributed by atoms with van der Waals surface area (Å²) in [4.78, 5) is 15.7. The Hall–Kier alpha value is -2.64. The van der Waals surface area contributed by atoms with E-state index in [1.54, 1.807) is 30.5 Å². The van der Waals surface area contributed by atoms with E-state index in [0.29, 0.717) is 11.1 Å². The zero-order valence-electron chi connectivity index (χ0n) is 14.0. The molecule has 1 amide bonds. The van der Waals surface area contributed by atoms with Gasteiger partial charge in [-0.3, -0.25) is 4.79 Å². The Labute approximate surface area is 146 Å². The number of hydrogen-bond acceptors (Lipinski definition) is 3. The quantitative estimate of drug-likeness (QED) is 0.735. The van der Waals surface area contributed by atoms with E-state index >= 15 is 0 Å². The van der Waals surface area contributed by atoms with Crippen molar-refractivity contribution in [2.24, 2.45) is 0 Å². The number of carbonyl (C=O) groups excluding carboxylic acids is 1. The summed E-state index contributed by atoms with van der Waals surface area (Å²) in [6, 6.07) is 14.2. The molecule has 0 spiro atoms. The highest BCUT2D eigenvalue weighted by Gasteiger charge is 2.21. The third-order valence-electron chi connectivity index (χ3n) is 4.00. The molecule has 1 heterocycles. The molecule has 0 aliphatic rings. The molecular weight excluding hydrogens is 338 g/mol. The molecule has 25 heavy (non-hydrogen) atoms. The van der Waals surface area contributed by atoms with Crippen LogP contribution >= 0.6 is 0 Å². The van der Waals surface area contributed by atoms with Gasteiger partial charge in [-0.25, -0.2) is 12.7 Å². The number of H-pyrrole nitrogens is 1. The first-order valence-electron chi connectivity index (χ1n) is 7.76. The second-order valence-corrected chi connectivity index (χ2v) is 7.95. The highest BCUT2D eigenvalue weighted by Crippen LogP contribution is 2.20. The molecule has 2 aromatic carbocycles. The minimum absolute atomic E-state index is 0.127. The number of hydrogen-bond donors (Lipinski definition) is 2. The first-order chi connectivity index (χ1) is 11.9. The van der Waals surface area contributed by atoms with Crippen LogP contribution in [0.3, 0.4) is 0 Å². The molecule has 0 saturated carbocycles. The summed E-state index contributed by atoms with van der Waals surface area (Å²) in [6.07, 6.45) is 1.66. The molecule has 6 nitrogen and oxygen atoms in total. The van der Waals surface area contributed by atoms with Gasteiger partial charge >= 0.3 is 0 Å². The van der Waals surface area contributed by atoms with Gasteiger partial charge in [0.05, 0.1) is 10.5 Å². The van der Waals surface area contributed by atoms with Crippen LogP contribution in [0.25, 0.3) is 10.9 Å². The molecular formula is C18H19N3O3S. The second-order valence-electron chi connectivity index (χ2n) is 5.83. The van der Waals surface area contributed by atoms with E-state index in [-0.39, 0.29) is 17.3 Å². The normalized spacial score (nSPS) is 11.8. The van der Waals surface area contributed by atoms with Crippen LogP contribution in [0.15, 0.2) is 59.6 Å². The lowest BCUT2D eigenvalue weighted by Gasteiger charge is -2.15.